The molecule has 0 aliphatic heterocycles. The van der Waals surface area contributed by atoms with Crippen molar-refractivity contribution in [2.24, 2.45) is 0 Å². The predicted molar refractivity (Wildman–Crippen MR) is 41.4 cm³/mol. The van der Waals surface area contributed by atoms with Gasteiger partial charge in [-0.3, -0.25) is 0 Å². The Morgan fingerprint density at radius 1 is 1.36 bits per heavy atom. The van der Waals surface area contributed by atoms with Crippen LogP contribution in [0.5, 0.6) is 0 Å². The molecular formula is C8H11N3+2. The maximum Gasteiger partial charge on any atom is 0.309 e. The van der Waals surface area contributed by atoms with Crippen LogP contribution in [0.2, 0.25) is 0 Å². The van der Waals surface area contributed by atoms with E-state index in [2.05, 4.69) is 15.7 Å². The van der Waals surface area contributed by atoms with Crippen LogP contribution >= 0.6 is 0 Å². The number of H-pyrrole nitrogens is 2. The zero-order chi connectivity index (χ0) is 7.68. The van der Waals surface area contributed by atoms with Crippen LogP contribution < -0.4 is 10.7 Å². The molecule has 3 heteroatoms. The van der Waals surface area contributed by atoms with Gasteiger partial charge >= 0.3 is 5.82 Å². The molecule has 3 nitrogen and oxygen atoms in total. The van der Waals surface area contributed by atoms with Gasteiger partial charge in [0.15, 0.2) is 17.6 Å². The Hall–Kier alpha value is -1.35. The molecule has 2 rings (SSSR count). The minimum Gasteiger partial charge on any atom is -0.348 e. The molecule has 0 aliphatic carbocycles. The van der Waals surface area contributed by atoms with Crippen LogP contribution in [0.4, 0.5) is 0 Å². The molecule has 0 atom stereocenters. The first-order valence-electron chi connectivity index (χ1n) is 3.68. The zero-order valence-electron chi connectivity index (χ0n) is 6.22. The molecule has 0 aliphatic rings. The monoisotopic (exact) mass is 149 g/mol. The minimum atomic E-state index is 0.773. The van der Waals surface area contributed by atoms with Crippen LogP contribution in [0.15, 0.2) is 24.3 Å². The van der Waals surface area contributed by atoms with Gasteiger partial charge in [-0.05, 0) is 12.1 Å². The second-order valence-corrected chi connectivity index (χ2v) is 2.52. The highest BCUT2D eigenvalue weighted by Gasteiger charge is 2.06. The van der Waals surface area contributed by atoms with Gasteiger partial charge in [0, 0.05) is 0 Å². The molecule has 5 N–H and O–H groups in total. The number of nitrogens with one attached hydrogen (secondary N) is 2. The largest absolute Gasteiger partial charge is 0.348 e. The molecule has 0 amide bonds. The van der Waals surface area contributed by atoms with Crippen LogP contribution in [-0.2, 0) is 6.54 Å². The first-order chi connectivity index (χ1) is 5.40. The molecule has 0 bridgehead atoms. The maximum absolute atomic E-state index is 3.79. The van der Waals surface area contributed by atoms with E-state index in [9.17, 15) is 0 Å². The van der Waals surface area contributed by atoms with E-state index >= 15 is 0 Å². The Bertz CT molecular complexity index is 331. The first-order valence-corrected chi connectivity index (χ1v) is 3.68. The number of aromatic amines is 2. The normalized spacial score (nSPS) is 10.6. The van der Waals surface area contributed by atoms with Gasteiger partial charge in [-0.2, -0.15) is 0 Å². The molecule has 2 aromatic rings. The first kappa shape index (κ1) is 6.37. The Morgan fingerprint density at radius 3 is 2.91 bits per heavy atom. The van der Waals surface area contributed by atoms with Crippen molar-refractivity contribution in [1.29, 1.82) is 0 Å². The van der Waals surface area contributed by atoms with E-state index in [1.54, 1.807) is 0 Å². The third kappa shape index (κ3) is 0.991. The molecule has 0 radical (unpaired) electrons. The fraction of sp³-hybridized carbons (Fsp3) is 0.125. The van der Waals surface area contributed by atoms with Gasteiger partial charge in [-0.1, -0.05) is 12.1 Å². The number of rotatable bonds is 1. The number of hydrogen-bond acceptors (Lipinski definition) is 0. The molecule has 56 valence electrons. The average molecular weight is 149 g/mol. The van der Waals surface area contributed by atoms with Gasteiger partial charge < -0.3 is 5.73 Å². The number of quaternary nitrogens is 1. The summed E-state index contributed by atoms with van der Waals surface area (Å²) in [5, 5.41) is 0. The van der Waals surface area contributed by atoms with Gasteiger partial charge in [-0.15, -0.1) is 0 Å². The van der Waals surface area contributed by atoms with Crippen molar-refractivity contribution in [3.8, 4) is 0 Å². The Morgan fingerprint density at radius 2 is 2.18 bits per heavy atom. The lowest BCUT2D eigenvalue weighted by atomic mass is 10.3. The summed E-state index contributed by atoms with van der Waals surface area (Å²) in [4.78, 5) is 6.45. The van der Waals surface area contributed by atoms with Gasteiger partial charge in [0.2, 0.25) is 0 Å². The van der Waals surface area contributed by atoms with E-state index in [1.165, 1.54) is 0 Å². The van der Waals surface area contributed by atoms with E-state index in [0.717, 1.165) is 23.4 Å². The number of aromatic nitrogens is 2. The lowest BCUT2D eigenvalue weighted by Crippen LogP contribution is -2.49. The molecule has 0 spiro atoms. The van der Waals surface area contributed by atoms with Crippen molar-refractivity contribution in [3.05, 3.63) is 30.1 Å². The summed E-state index contributed by atoms with van der Waals surface area (Å²) in [5.74, 6) is 1.08. The smallest absolute Gasteiger partial charge is 0.309 e. The van der Waals surface area contributed by atoms with E-state index in [1.807, 2.05) is 24.3 Å². The summed E-state index contributed by atoms with van der Waals surface area (Å²) in [6, 6.07) is 8.12. The molecule has 0 saturated heterocycles. The third-order valence-corrected chi connectivity index (χ3v) is 1.75. The molecule has 1 aromatic carbocycles. The number of fused-ring (bicyclic) bond motifs is 1. The van der Waals surface area contributed by atoms with Gasteiger partial charge in [-0.25, -0.2) is 9.97 Å². The van der Waals surface area contributed by atoms with E-state index < -0.39 is 0 Å². The number of imidazole rings is 1. The summed E-state index contributed by atoms with van der Waals surface area (Å²) < 4.78 is 0. The predicted octanol–water partition coefficient (Wildman–Crippen LogP) is -0.276. The molecule has 0 fully saturated rings. The van der Waals surface area contributed by atoms with E-state index in [0.29, 0.717) is 0 Å². The van der Waals surface area contributed by atoms with E-state index in [4.69, 9.17) is 0 Å². The Balaban J connectivity index is 2.69. The minimum absolute atomic E-state index is 0.773. The van der Waals surface area contributed by atoms with Crippen molar-refractivity contribution < 1.29 is 10.7 Å². The number of para-hydroxylation sites is 2. The summed E-state index contributed by atoms with van der Waals surface area (Å²) in [6.45, 7) is 0.773. The van der Waals surface area contributed by atoms with Crippen molar-refractivity contribution in [3.63, 3.8) is 0 Å². The van der Waals surface area contributed by atoms with Gasteiger partial charge in [0.25, 0.3) is 0 Å². The summed E-state index contributed by atoms with van der Waals surface area (Å²) >= 11 is 0. The highest BCUT2D eigenvalue weighted by molar-refractivity contribution is 5.70. The highest BCUT2D eigenvalue weighted by Crippen LogP contribution is 2.04. The molecule has 11 heavy (non-hydrogen) atoms. The fourth-order valence-corrected chi connectivity index (χ4v) is 1.18. The van der Waals surface area contributed by atoms with Crippen LogP contribution in [-0.4, -0.2) is 4.98 Å². The van der Waals surface area contributed by atoms with Gasteiger partial charge in [0.1, 0.15) is 0 Å². The van der Waals surface area contributed by atoms with Gasteiger partial charge in [0.05, 0.1) is 0 Å². The van der Waals surface area contributed by atoms with Crippen LogP contribution in [0.1, 0.15) is 5.82 Å². The maximum atomic E-state index is 3.79. The molecule has 0 unspecified atom stereocenters. The van der Waals surface area contributed by atoms with Crippen molar-refractivity contribution in [1.82, 2.24) is 4.98 Å². The number of hydrogen-bond donors (Lipinski definition) is 2. The molecule has 0 saturated carbocycles. The topological polar surface area (TPSA) is 57.6 Å². The fourth-order valence-electron chi connectivity index (χ4n) is 1.18. The lowest BCUT2D eigenvalue weighted by molar-refractivity contribution is -0.444. The average Bonchev–Trinajstić information content (AvgIpc) is 2.46. The van der Waals surface area contributed by atoms with Crippen molar-refractivity contribution >= 4 is 11.0 Å². The summed E-state index contributed by atoms with van der Waals surface area (Å²) in [6.07, 6.45) is 0. The van der Waals surface area contributed by atoms with Crippen LogP contribution in [0.3, 0.4) is 0 Å². The molecular weight excluding hydrogens is 138 g/mol. The second-order valence-electron chi connectivity index (χ2n) is 2.52. The standard InChI is InChI=1S/C8H9N3/c9-5-8-10-6-3-1-2-4-7(6)11-8/h1-4H,5,9H2,(H,10,11)/p+2. The third-order valence-electron chi connectivity index (χ3n) is 1.75. The molecule has 1 heterocycles. The summed E-state index contributed by atoms with van der Waals surface area (Å²) in [7, 11) is 0. The lowest BCUT2D eigenvalue weighted by Gasteiger charge is -1.76. The second kappa shape index (κ2) is 2.36. The molecule has 1 aromatic heterocycles. The quantitative estimate of drug-likeness (QED) is 0.560. The van der Waals surface area contributed by atoms with Crippen molar-refractivity contribution in [2.75, 3.05) is 0 Å². The zero-order valence-corrected chi connectivity index (χ0v) is 6.22. The van der Waals surface area contributed by atoms with Crippen molar-refractivity contribution in [2.45, 2.75) is 6.54 Å². The number of benzene rings is 1. The van der Waals surface area contributed by atoms with Crippen LogP contribution in [0.25, 0.3) is 11.0 Å². The Labute approximate surface area is 64.2 Å². The highest BCUT2D eigenvalue weighted by atomic mass is 14.9. The van der Waals surface area contributed by atoms with Crippen LogP contribution in [0, 0.1) is 0 Å². The van der Waals surface area contributed by atoms with E-state index in [-0.39, 0.29) is 0 Å². The Kier molecular flexibility index (Phi) is 1.36. The SMILES string of the molecule is [NH3+]Cc1[nH]c2ccccc2[nH+]1. The summed E-state index contributed by atoms with van der Waals surface area (Å²) in [5.41, 5.74) is 6.08.